The second-order valence-corrected chi connectivity index (χ2v) is 9.05. The van der Waals surface area contributed by atoms with Crippen LogP contribution >= 0.6 is 11.6 Å². The Balaban J connectivity index is 1.50. The molecule has 0 saturated heterocycles. The number of sulfonamides is 1. The molecular formula is C22H17ClFN5O3S. The lowest BCUT2D eigenvalue weighted by molar-refractivity contribution is 0.102. The average Bonchev–Trinajstić information content (AvgIpc) is 3.22. The number of anilines is 2. The van der Waals surface area contributed by atoms with Crippen LogP contribution in [0.5, 0.6) is 0 Å². The maximum absolute atomic E-state index is 13.1. The number of rotatable bonds is 7. The van der Waals surface area contributed by atoms with Crippen molar-refractivity contribution in [1.29, 1.82) is 0 Å². The predicted molar refractivity (Wildman–Crippen MR) is 122 cm³/mol. The van der Waals surface area contributed by atoms with Crippen LogP contribution < -0.4 is 10.0 Å². The molecule has 2 heterocycles. The second-order valence-electron chi connectivity index (χ2n) is 6.96. The van der Waals surface area contributed by atoms with E-state index in [0.717, 1.165) is 23.8 Å². The van der Waals surface area contributed by atoms with Crippen LogP contribution in [0, 0.1) is 5.82 Å². The fourth-order valence-electron chi connectivity index (χ4n) is 2.95. The number of aromatic nitrogens is 3. The zero-order valence-electron chi connectivity index (χ0n) is 16.9. The lowest BCUT2D eigenvalue weighted by Crippen LogP contribution is -2.17. The summed E-state index contributed by atoms with van der Waals surface area (Å²) in [6.45, 7) is 0.488. The maximum atomic E-state index is 13.1. The van der Waals surface area contributed by atoms with Crippen LogP contribution in [0.2, 0.25) is 5.02 Å². The van der Waals surface area contributed by atoms with Gasteiger partial charge in [-0.15, -0.1) is 0 Å². The Kier molecular flexibility index (Phi) is 6.38. The smallest absolute Gasteiger partial charge is 0.261 e. The highest BCUT2D eigenvalue weighted by Gasteiger charge is 2.20. The van der Waals surface area contributed by atoms with E-state index in [9.17, 15) is 17.6 Å². The molecule has 0 fully saturated rings. The quantitative estimate of drug-likeness (QED) is 0.408. The van der Waals surface area contributed by atoms with Gasteiger partial charge in [-0.05, 0) is 60.2 Å². The number of nitrogens with zero attached hydrogens (tertiary/aromatic N) is 3. The SMILES string of the molecule is O=C(Nc1ccn(Cc2ccncc2)n1)c1cc(S(=O)(=O)Nc2ccc(F)cc2)ccc1Cl. The number of carbonyl (C=O) groups excluding carboxylic acids is 1. The van der Waals surface area contributed by atoms with Gasteiger partial charge in [0.1, 0.15) is 5.82 Å². The van der Waals surface area contributed by atoms with Crippen molar-refractivity contribution in [3.8, 4) is 0 Å². The normalized spacial score (nSPS) is 11.2. The first kappa shape index (κ1) is 22.4. The highest BCUT2D eigenvalue weighted by molar-refractivity contribution is 7.92. The molecule has 2 N–H and O–H groups in total. The molecule has 33 heavy (non-hydrogen) atoms. The van der Waals surface area contributed by atoms with E-state index in [1.165, 1.54) is 24.3 Å². The van der Waals surface area contributed by atoms with Crippen molar-refractivity contribution in [3.63, 3.8) is 0 Å². The number of benzene rings is 2. The van der Waals surface area contributed by atoms with Gasteiger partial charge in [-0.2, -0.15) is 5.10 Å². The van der Waals surface area contributed by atoms with E-state index >= 15 is 0 Å². The van der Waals surface area contributed by atoms with Crippen LogP contribution in [0.1, 0.15) is 15.9 Å². The Labute approximate surface area is 194 Å². The van der Waals surface area contributed by atoms with Crippen molar-refractivity contribution in [2.24, 2.45) is 0 Å². The van der Waals surface area contributed by atoms with Crippen molar-refractivity contribution < 1.29 is 17.6 Å². The Hall–Kier alpha value is -3.76. The molecule has 0 unspecified atom stereocenters. The molecular weight excluding hydrogens is 469 g/mol. The molecule has 0 atom stereocenters. The van der Waals surface area contributed by atoms with Gasteiger partial charge >= 0.3 is 0 Å². The molecule has 2 aromatic carbocycles. The van der Waals surface area contributed by atoms with Gasteiger partial charge < -0.3 is 5.32 Å². The van der Waals surface area contributed by atoms with Gasteiger partial charge in [0.2, 0.25) is 0 Å². The Morgan fingerprint density at radius 2 is 1.76 bits per heavy atom. The molecule has 0 radical (unpaired) electrons. The summed E-state index contributed by atoms with van der Waals surface area (Å²) in [5.41, 5.74) is 1.13. The molecule has 11 heteroatoms. The minimum absolute atomic E-state index is 0.0395. The van der Waals surface area contributed by atoms with E-state index in [4.69, 9.17) is 11.6 Å². The van der Waals surface area contributed by atoms with Gasteiger partial charge in [0.05, 0.1) is 22.0 Å². The van der Waals surface area contributed by atoms with Gasteiger partial charge in [-0.1, -0.05) is 11.6 Å². The third kappa shape index (κ3) is 5.54. The molecule has 4 aromatic rings. The molecule has 8 nitrogen and oxygen atoms in total. The summed E-state index contributed by atoms with van der Waals surface area (Å²) in [6, 6.07) is 13.9. The molecule has 0 aliphatic rings. The van der Waals surface area contributed by atoms with Crippen molar-refractivity contribution in [1.82, 2.24) is 14.8 Å². The van der Waals surface area contributed by atoms with Crippen molar-refractivity contribution in [3.05, 3.63) is 101 Å². The number of hydrogen-bond donors (Lipinski definition) is 2. The molecule has 0 aliphatic heterocycles. The molecule has 2 aromatic heterocycles. The van der Waals surface area contributed by atoms with Gasteiger partial charge in [-0.3, -0.25) is 19.2 Å². The molecule has 0 saturated carbocycles. The van der Waals surface area contributed by atoms with Gasteiger partial charge in [0.25, 0.3) is 15.9 Å². The minimum Gasteiger partial charge on any atom is -0.305 e. The summed E-state index contributed by atoms with van der Waals surface area (Å²) in [5.74, 6) is -0.831. The fraction of sp³-hybridized carbons (Fsp3) is 0.0455. The monoisotopic (exact) mass is 485 g/mol. The van der Waals surface area contributed by atoms with E-state index in [-0.39, 0.29) is 27.0 Å². The van der Waals surface area contributed by atoms with E-state index in [1.54, 1.807) is 29.3 Å². The minimum atomic E-state index is -4.04. The van der Waals surface area contributed by atoms with Crippen LogP contribution in [-0.2, 0) is 16.6 Å². The predicted octanol–water partition coefficient (Wildman–Crippen LogP) is 4.17. The Morgan fingerprint density at radius 1 is 1.03 bits per heavy atom. The summed E-state index contributed by atoms with van der Waals surface area (Å²) in [6.07, 6.45) is 5.05. The summed E-state index contributed by atoms with van der Waals surface area (Å²) < 4.78 is 42.5. The zero-order valence-corrected chi connectivity index (χ0v) is 18.5. The van der Waals surface area contributed by atoms with Crippen LogP contribution in [0.15, 0.2) is 84.1 Å². The summed E-state index contributed by atoms with van der Waals surface area (Å²) in [7, 11) is -4.04. The molecule has 4 rings (SSSR count). The standard InChI is InChI=1S/C22H17ClFN5O3S/c23-20-6-5-18(33(31,32)28-17-3-1-16(24)2-4-17)13-19(20)22(30)26-21-9-12-29(27-21)14-15-7-10-25-11-8-15/h1-13,28H,14H2,(H,26,27,30). The number of hydrogen-bond acceptors (Lipinski definition) is 5. The van der Waals surface area contributed by atoms with Crippen LogP contribution in [0.4, 0.5) is 15.9 Å². The molecule has 0 aliphatic carbocycles. The highest BCUT2D eigenvalue weighted by Crippen LogP contribution is 2.23. The third-order valence-electron chi connectivity index (χ3n) is 4.57. The van der Waals surface area contributed by atoms with Crippen LogP contribution in [0.3, 0.4) is 0 Å². The van der Waals surface area contributed by atoms with E-state index in [2.05, 4.69) is 20.1 Å². The first-order valence-corrected chi connectivity index (χ1v) is 11.5. The van der Waals surface area contributed by atoms with E-state index < -0.39 is 21.7 Å². The van der Waals surface area contributed by atoms with Gasteiger partial charge in [0.15, 0.2) is 5.82 Å². The number of carbonyl (C=O) groups is 1. The molecule has 0 spiro atoms. The van der Waals surface area contributed by atoms with Gasteiger partial charge in [-0.25, -0.2) is 12.8 Å². The summed E-state index contributed by atoms with van der Waals surface area (Å²) in [4.78, 5) is 16.6. The maximum Gasteiger partial charge on any atom is 0.261 e. The topological polar surface area (TPSA) is 106 Å². The Bertz CT molecular complexity index is 1390. The van der Waals surface area contributed by atoms with Crippen molar-refractivity contribution in [2.75, 3.05) is 10.0 Å². The first-order valence-electron chi connectivity index (χ1n) is 9.62. The molecule has 0 bridgehead atoms. The third-order valence-corrected chi connectivity index (χ3v) is 6.27. The molecule has 1 amide bonds. The van der Waals surface area contributed by atoms with Crippen LogP contribution in [0.25, 0.3) is 0 Å². The number of amides is 1. The van der Waals surface area contributed by atoms with Crippen molar-refractivity contribution >= 4 is 39.0 Å². The lowest BCUT2D eigenvalue weighted by atomic mass is 10.2. The number of pyridine rings is 1. The van der Waals surface area contributed by atoms with Crippen LogP contribution in [-0.4, -0.2) is 29.1 Å². The highest BCUT2D eigenvalue weighted by atomic mass is 35.5. The first-order chi connectivity index (χ1) is 15.8. The fourth-order valence-corrected chi connectivity index (χ4v) is 4.24. The number of nitrogens with one attached hydrogen (secondary N) is 2. The summed E-state index contributed by atoms with van der Waals surface area (Å²) in [5, 5.41) is 6.98. The second kappa shape index (κ2) is 9.39. The summed E-state index contributed by atoms with van der Waals surface area (Å²) >= 11 is 6.15. The largest absolute Gasteiger partial charge is 0.305 e. The van der Waals surface area contributed by atoms with Crippen molar-refractivity contribution in [2.45, 2.75) is 11.4 Å². The van der Waals surface area contributed by atoms with E-state index in [1.807, 2.05) is 12.1 Å². The van der Waals surface area contributed by atoms with E-state index in [0.29, 0.717) is 6.54 Å². The molecule has 168 valence electrons. The average molecular weight is 486 g/mol. The Morgan fingerprint density at radius 3 is 2.48 bits per heavy atom. The zero-order chi connectivity index (χ0) is 23.4. The number of halogens is 2. The van der Waals surface area contributed by atoms with Gasteiger partial charge in [0, 0.05) is 30.3 Å². The lowest BCUT2D eigenvalue weighted by Gasteiger charge is -2.10.